The van der Waals surface area contributed by atoms with E-state index in [1.54, 1.807) is 0 Å². The molecule has 0 amide bonds. The first kappa shape index (κ1) is 13.0. The van der Waals surface area contributed by atoms with Crippen LogP contribution in [0.1, 0.15) is 43.0 Å². The largest absolute Gasteiger partial charge is 0.338 e. The third-order valence-electron chi connectivity index (χ3n) is 4.73. The molecule has 0 bridgehead atoms. The molecule has 2 aliphatic rings. The molecule has 0 N–H and O–H groups in total. The van der Waals surface area contributed by atoms with Gasteiger partial charge in [0.1, 0.15) is 4.75 Å². The number of sulfone groups is 1. The monoisotopic (exact) mass is 304 g/mol. The number of benzene rings is 1. The van der Waals surface area contributed by atoms with Crippen molar-refractivity contribution in [3.8, 4) is 0 Å². The Balaban J connectivity index is 1.74. The van der Waals surface area contributed by atoms with Crippen LogP contribution in [0, 0.1) is 0 Å². The molecule has 0 radical (unpaired) electrons. The van der Waals surface area contributed by atoms with Crippen molar-refractivity contribution in [3.63, 3.8) is 0 Å². The average Bonchev–Trinajstić information content (AvgIpc) is 3.38. The van der Waals surface area contributed by atoms with E-state index in [2.05, 4.69) is 22.3 Å². The van der Waals surface area contributed by atoms with Crippen molar-refractivity contribution in [2.24, 2.45) is 0 Å². The minimum atomic E-state index is -3.21. The predicted octanol–water partition coefficient (Wildman–Crippen LogP) is 2.18. The highest BCUT2D eigenvalue weighted by molar-refractivity contribution is 7.91. The van der Waals surface area contributed by atoms with Crippen LogP contribution in [-0.2, 0) is 20.0 Å². The van der Waals surface area contributed by atoms with Crippen molar-refractivity contribution in [2.75, 3.05) is 6.26 Å². The maximum absolute atomic E-state index is 11.9. The average molecular weight is 304 g/mol. The van der Waals surface area contributed by atoms with Crippen LogP contribution in [0.4, 0.5) is 0 Å². The van der Waals surface area contributed by atoms with E-state index < -0.39 is 14.6 Å². The summed E-state index contributed by atoms with van der Waals surface area (Å²) in [6.45, 7) is 0. The third-order valence-corrected chi connectivity index (χ3v) is 6.74. The molecule has 2 aliphatic carbocycles. The van der Waals surface area contributed by atoms with Crippen LogP contribution < -0.4 is 0 Å². The summed E-state index contributed by atoms with van der Waals surface area (Å²) in [5.74, 6) is 0.890. The first-order valence-corrected chi connectivity index (χ1v) is 8.97. The molecule has 0 atom stereocenters. The Morgan fingerprint density at radius 3 is 2.29 bits per heavy atom. The van der Waals surface area contributed by atoms with Crippen molar-refractivity contribution in [3.05, 3.63) is 47.6 Å². The van der Waals surface area contributed by atoms with Gasteiger partial charge in [0, 0.05) is 6.26 Å². The lowest BCUT2D eigenvalue weighted by molar-refractivity contribution is 0.354. The van der Waals surface area contributed by atoms with Gasteiger partial charge in [-0.25, -0.2) is 8.42 Å². The Hall–Kier alpha value is -1.69. The van der Waals surface area contributed by atoms with Crippen LogP contribution in [0.25, 0.3) is 0 Å². The van der Waals surface area contributed by atoms with Crippen LogP contribution >= 0.6 is 0 Å². The van der Waals surface area contributed by atoms with Gasteiger partial charge in [-0.05, 0) is 31.2 Å². The molecule has 1 aromatic carbocycles. The summed E-state index contributed by atoms with van der Waals surface area (Å²) in [6, 6.07) is 10.1. The number of rotatable bonds is 4. The maximum atomic E-state index is 11.9. The molecule has 1 aromatic heterocycles. The molecule has 4 rings (SSSR count). The summed E-state index contributed by atoms with van der Waals surface area (Å²) in [6.07, 6.45) is 4.35. The zero-order valence-corrected chi connectivity index (χ0v) is 12.6. The fourth-order valence-corrected chi connectivity index (χ4v) is 4.24. The Morgan fingerprint density at radius 2 is 1.76 bits per heavy atom. The fraction of sp³-hybridized carbons (Fsp3) is 0.467. The van der Waals surface area contributed by atoms with Crippen molar-refractivity contribution < 1.29 is 12.9 Å². The van der Waals surface area contributed by atoms with E-state index in [9.17, 15) is 8.42 Å². The molecular weight excluding hydrogens is 288 g/mol. The smallest absolute Gasteiger partial charge is 0.237 e. The minimum Gasteiger partial charge on any atom is -0.338 e. The fourth-order valence-electron chi connectivity index (χ4n) is 2.98. The molecule has 2 saturated carbocycles. The predicted molar refractivity (Wildman–Crippen MR) is 76.5 cm³/mol. The summed E-state index contributed by atoms with van der Waals surface area (Å²) in [7, 11) is -3.21. The molecule has 0 aliphatic heterocycles. The van der Waals surface area contributed by atoms with E-state index in [1.165, 1.54) is 6.26 Å². The van der Waals surface area contributed by atoms with Crippen molar-refractivity contribution in [1.29, 1.82) is 0 Å². The second-order valence-corrected chi connectivity index (χ2v) is 8.46. The second kappa shape index (κ2) is 3.94. The van der Waals surface area contributed by atoms with Crippen molar-refractivity contribution in [2.45, 2.75) is 35.8 Å². The standard InChI is InChI=1S/C15H16N2O3S/c1-21(18,19)15(9-10-15)12-16-13(20-17-12)14(7-8-14)11-5-3-2-4-6-11/h2-6H,7-10H2,1H3. The third kappa shape index (κ3) is 1.78. The molecule has 5 nitrogen and oxygen atoms in total. The molecule has 0 unspecified atom stereocenters. The Morgan fingerprint density at radius 1 is 1.10 bits per heavy atom. The van der Waals surface area contributed by atoms with Crippen molar-refractivity contribution >= 4 is 9.84 Å². The molecule has 1 heterocycles. The van der Waals surface area contributed by atoms with Gasteiger partial charge in [-0.1, -0.05) is 35.5 Å². The zero-order valence-electron chi connectivity index (χ0n) is 11.7. The second-order valence-electron chi connectivity index (χ2n) is 6.14. The van der Waals surface area contributed by atoms with E-state index in [4.69, 9.17) is 4.52 Å². The number of hydrogen-bond donors (Lipinski definition) is 0. The van der Waals surface area contributed by atoms with Gasteiger partial charge in [0.15, 0.2) is 15.7 Å². The summed E-state index contributed by atoms with van der Waals surface area (Å²) in [4.78, 5) is 4.46. The molecule has 2 fully saturated rings. The number of nitrogens with zero attached hydrogens (tertiary/aromatic N) is 2. The highest BCUT2D eigenvalue weighted by Gasteiger charge is 2.59. The Labute approximate surface area is 123 Å². The van der Waals surface area contributed by atoms with Crippen LogP contribution in [-0.4, -0.2) is 24.8 Å². The highest BCUT2D eigenvalue weighted by atomic mass is 32.2. The van der Waals surface area contributed by atoms with Gasteiger partial charge >= 0.3 is 0 Å². The van der Waals surface area contributed by atoms with Gasteiger partial charge in [0.2, 0.25) is 5.89 Å². The van der Waals surface area contributed by atoms with Gasteiger partial charge in [0.05, 0.1) is 5.41 Å². The topological polar surface area (TPSA) is 73.1 Å². The van der Waals surface area contributed by atoms with E-state index in [1.807, 2.05) is 18.2 Å². The lowest BCUT2D eigenvalue weighted by Crippen LogP contribution is -2.21. The Bertz CT molecular complexity index is 787. The van der Waals surface area contributed by atoms with E-state index in [0.29, 0.717) is 24.6 Å². The highest BCUT2D eigenvalue weighted by Crippen LogP contribution is 2.55. The van der Waals surface area contributed by atoms with Gasteiger partial charge in [-0.15, -0.1) is 0 Å². The van der Waals surface area contributed by atoms with E-state index in [-0.39, 0.29) is 5.41 Å². The number of aromatic nitrogens is 2. The van der Waals surface area contributed by atoms with E-state index >= 15 is 0 Å². The SMILES string of the molecule is CS(=O)(=O)C1(c2noc(C3(c4ccccc4)CC3)n2)CC1. The van der Waals surface area contributed by atoms with Crippen molar-refractivity contribution in [1.82, 2.24) is 10.1 Å². The molecule has 21 heavy (non-hydrogen) atoms. The van der Waals surface area contributed by atoms with Crippen LogP contribution in [0.5, 0.6) is 0 Å². The summed E-state index contributed by atoms with van der Waals surface area (Å²) >= 11 is 0. The molecule has 6 heteroatoms. The maximum Gasteiger partial charge on any atom is 0.237 e. The van der Waals surface area contributed by atoms with Gasteiger partial charge in [-0.2, -0.15) is 4.98 Å². The first-order valence-electron chi connectivity index (χ1n) is 7.08. The van der Waals surface area contributed by atoms with Crippen LogP contribution in [0.15, 0.2) is 34.9 Å². The lowest BCUT2D eigenvalue weighted by Gasteiger charge is -2.10. The summed E-state index contributed by atoms with van der Waals surface area (Å²) < 4.78 is 28.4. The molecular formula is C15H16N2O3S. The molecule has 0 saturated heterocycles. The van der Waals surface area contributed by atoms with E-state index in [0.717, 1.165) is 18.4 Å². The normalized spacial score (nSPS) is 22.0. The number of hydrogen-bond acceptors (Lipinski definition) is 5. The van der Waals surface area contributed by atoms with Crippen LogP contribution in [0.3, 0.4) is 0 Å². The van der Waals surface area contributed by atoms with Gasteiger partial charge in [0.25, 0.3) is 0 Å². The van der Waals surface area contributed by atoms with Gasteiger partial charge in [-0.3, -0.25) is 0 Å². The molecule has 110 valence electrons. The lowest BCUT2D eigenvalue weighted by atomic mass is 9.96. The molecule has 2 aromatic rings. The van der Waals surface area contributed by atoms with Gasteiger partial charge < -0.3 is 4.52 Å². The first-order chi connectivity index (χ1) is 9.98. The molecule has 0 spiro atoms. The quantitative estimate of drug-likeness (QED) is 0.865. The summed E-state index contributed by atoms with van der Waals surface area (Å²) in [5.41, 5.74) is 0.949. The minimum absolute atomic E-state index is 0.208. The summed E-state index contributed by atoms with van der Waals surface area (Å²) in [5, 5.41) is 3.98. The zero-order chi connectivity index (χ0) is 14.7. The Kier molecular flexibility index (Phi) is 2.44. The van der Waals surface area contributed by atoms with Crippen LogP contribution in [0.2, 0.25) is 0 Å².